The number of rotatable bonds is 18. The molecule has 5 atom stereocenters. The molecule has 1 unspecified atom stereocenters. The van der Waals surface area contributed by atoms with E-state index in [4.69, 9.17) is 4.74 Å². The van der Waals surface area contributed by atoms with Crippen LogP contribution in [0.1, 0.15) is 63.9 Å². The fourth-order valence-corrected chi connectivity index (χ4v) is 4.73. The number of aliphatic hydroxyl groups is 2. The molecule has 0 heterocycles. The largest absolute Gasteiger partial charge is 0.458 e. The van der Waals surface area contributed by atoms with E-state index in [-0.39, 0.29) is 43.6 Å². The topological polar surface area (TPSA) is 148 Å². The van der Waals surface area contributed by atoms with Crippen molar-refractivity contribution in [2.75, 3.05) is 13.2 Å². The standard InChI is InChI=1S/C29H42N2O8/c1-2-30-28(34)14-9-4-3-8-13-24-25(27(33)21-26(24)32)19-18-23(17-16-22-11-6-5-7-12-22)39-29(35)15-10-20-38-31(36)37/h3,5-8,11-12,18-19,23-27,32-33H,2,4,9-10,13-17,20-21H2,1H3,(H,30,34)/t23?,24-,25-,26+,27-/m1/s1. The summed E-state index contributed by atoms with van der Waals surface area (Å²) in [5, 5.41) is 33.3. The van der Waals surface area contributed by atoms with E-state index in [0.717, 1.165) is 18.4 Å². The Morgan fingerprint density at radius 1 is 1.15 bits per heavy atom. The van der Waals surface area contributed by atoms with Gasteiger partial charge in [0, 0.05) is 31.7 Å². The number of hydrogen-bond acceptors (Lipinski definition) is 8. The second-order valence-electron chi connectivity index (χ2n) is 9.76. The van der Waals surface area contributed by atoms with Crippen LogP contribution in [0.5, 0.6) is 0 Å². The van der Waals surface area contributed by atoms with Gasteiger partial charge in [0.15, 0.2) is 0 Å². The lowest BCUT2D eigenvalue weighted by molar-refractivity contribution is -0.757. The lowest BCUT2D eigenvalue weighted by Crippen LogP contribution is -2.22. The molecular weight excluding hydrogens is 504 g/mol. The van der Waals surface area contributed by atoms with E-state index in [9.17, 15) is 29.9 Å². The van der Waals surface area contributed by atoms with Crippen LogP contribution in [0.25, 0.3) is 0 Å². The van der Waals surface area contributed by atoms with E-state index in [1.165, 1.54) is 0 Å². The number of carbonyl (C=O) groups excluding carboxylic acids is 2. The molecule has 2 rings (SSSR count). The van der Waals surface area contributed by atoms with Crippen LogP contribution in [-0.4, -0.2) is 58.6 Å². The number of benzene rings is 1. The van der Waals surface area contributed by atoms with Gasteiger partial charge in [-0.05, 0) is 63.0 Å². The van der Waals surface area contributed by atoms with E-state index in [0.29, 0.717) is 32.2 Å². The Bertz CT molecular complexity index is 936. The molecule has 3 N–H and O–H groups in total. The molecule has 10 nitrogen and oxygen atoms in total. The fraction of sp³-hybridized carbons (Fsp3) is 0.586. The lowest BCUT2D eigenvalue weighted by Gasteiger charge is -2.21. The van der Waals surface area contributed by atoms with Gasteiger partial charge in [-0.1, -0.05) is 48.6 Å². The van der Waals surface area contributed by atoms with E-state index < -0.39 is 29.4 Å². The smallest absolute Gasteiger partial charge is 0.306 e. The number of allylic oxidation sites excluding steroid dienone is 2. The number of esters is 1. The van der Waals surface area contributed by atoms with E-state index in [2.05, 4.69) is 10.2 Å². The molecule has 1 aliphatic carbocycles. The minimum Gasteiger partial charge on any atom is -0.458 e. The van der Waals surface area contributed by atoms with Crippen LogP contribution in [0.2, 0.25) is 0 Å². The van der Waals surface area contributed by atoms with E-state index >= 15 is 0 Å². The third kappa shape index (κ3) is 12.9. The van der Waals surface area contributed by atoms with Gasteiger partial charge in [0.2, 0.25) is 5.91 Å². The summed E-state index contributed by atoms with van der Waals surface area (Å²) in [6, 6.07) is 9.80. The first kappa shape index (κ1) is 32.0. The zero-order valence-electron chi connectivity index (χ0n) is 22.7. The number of unbranched alkanes of at least 4 members (excludes halogenated alkanes) is 1. The summed E-state index contributed by atoms with van der Waals surface area (Å²) in [5.41, 5.74) is 1.10. The van der Waals surface area contributed by atoms with Gasteiger partial charge < -0.3 is 25.1 Å². The number of ether oxygens (including phenoxy) is 1. The molecule has 0 spiro atoms. The van der Waals surface area contributed by atoms with Gasteiger partial charge in [0.1, 0.15) is 6.10 Å². The van der Waals surface area contributed by atoms with E-state index in [1.807, 2.05) is 55.5 Å². The highest BCUT2D eigenvalue weighted by Gasteiger charge is 2.39. The molecule has 39 heavy (non-hydrogen) atoms. The van der Waals surface area contributed by atoms with Crippen LogP contribution in [-0.2, 0) is 25.6 Å². The highest BCUT2D eigenvalue weighted by Crippen LogP contribution is 2.36. The van der Waals surface area contributed by atoms with Crippen molar-refractivity contribution < 1.29 is 34.5 Å². The van der Waals surface area contributed by atoms with Crippen molar-refractivity contribution in [2.45, 2.75) is 83.0 Å². The molecule has 216 valence electrons. The van der Waals surface area contributed by atoms with E-state index in [1.54, 1.807) is 6.08 Å². The molecule has 0 bridgehead atoms. The number of amides is 1. The Kier molecular flexibility index (Phi) is 14.9. The highest BCUT2D eigenvalue weighted by atomic mass is 16.9. The van der Waals surface area contributed by atoms with Crippen molar-refractivity contribution >= 4 is 11.9 Å². The highest BCUT2D eigenvalue weighted by molar-refractivity contribution is 5.75. The van der Waals surface area contributed by atoms with Crippen LogP contribution >= 0.6 is 0 Å². The zero-order valence-corrected chi connectivity index (χ0v) is 22.7. The number of aryl methyl sites for hydroxylation is 1. The van der Waals surface area contributed by atoms with Crippen LogP contribution < -0.4 is 5.32 Å². The van der Waals surface area contributed by atoms with Crippen LogP contribution in [0.4, 0.5) is 0 Å². The molecule has 0 saturated heterocycles. The van der Waals surface area contributed by atoms with Crippen molar-refractivity contribution in [3.63, 3.8) is 0 Å². The Morgan fingerprint density at radius 2 is 1.92 bits per heavy atom. The van der Waals surface area contributed by atoms with Gasteiger partial charge in [-0.2, -0.15) is 0 Å². The van der Waals surface area contributed by atoms with Crippen molar-refractivity contribution in [1.29, 1.82) is 0 Å². The van der Waals surface area contributed by atoms with Crippen molar-refractivity contribution in [3.8, 4) is 0 Å². The van der Waals surface area contributed by atoms with Crippen LogP contribution in [0.15, 0.2) is 54.6 Å². The lowest BCUT2D eigenvalue weighted by atomic mass is 9.89. The Morgan fingerprint density at radius 3 is 2.64 bits per heavy atom. The van der Waals surface area contributed by atoms with Gasteiger partial charge in [0.05, 0.1) is 18.8 Å². The predicted octanol–water partition coefficient (Wildman–Crippen LogP) is 3.69. The molecule has 1 aromatic carbocycles. The molecule has 1 amide bonds. The van der Waals surface area contributed by atoms with Gasteiger partial charge in [0.25, 0.3) is 5.09 Å². The number of nitrogens with zero attached hydrogens (tertiary/aromatic N) is 1. The van der Waals surface area contributed by atoms with Gasteiger partial charge in [-0.15, -0.1) is 10.1 Å². The summed E-state index contributed by atoms with van der Waals surface area (Å²) in [5.74, 6) is -0.923. The van der Waals surface area contributed by atoms with Crippen molar-refractivity contribution in [2.24, 2.45) is 11.8 Å². The van der Waals surface area contributed by atoms with Gasteiger partial charge >= 0.3 is 5.97 Å². The normalized spacial score (nSPS) is 21.7. The Hall–Kier alpha value is -3.24. The SMILES string of the molecule is CCNC(=O)CCCC=CC[C@@H]1[C@@H](C=CC(CCc2ccccc2)OC(=O)CCCO[N+](=O)[O-])[C@H](O)C[C@@H]1O. The number of nitrogens with one attached hydrogen (secondary N) is 1. The second-order valence-corrected chi connectivity index (χ2v) is 9.76. The second kappa shape index (κ2) is 18.1. The molecular formula is C29H42N2O8. The molecule has 0 aliphatic heterocycles. The molecule has 1 aromatic rings. The fourth-order valence-electron chi connectivity index (χ4n) is 4.73. The number of carbonyl (C=O) groups is 2. The zero-order chi connectivity index (χ0) is 28.5. The molecule has 1 fully saturated rings. The first-order valence-electron chi connectivity index (χ1n) is 13.8. The molecule has 1 aliphatic rings. The number of hydrogen-bond donors (Lipinski definition) is 3. The maximum absolute atomic E-state index is 12.4. The molecule has 0 radical (unpaired) electrons. The number of aliphatic hydroxyl groups excluding tert-OH is 2. The maximum atomic E-state index is 12.4. The maximum Gasteiger partial charge on any atom is 0.306 e. The average Bonchev–Trinajstić information content (AvgIpc) is 3.17. The summed E-state index contributed by atoms with van der Waals surface area (Å²) in [4.78, 5) is 38.5. The quantitative estimate of drug-likeness (QED) is 0.0830. The summed E-state index contributed by atoms with van der Waals surface area (Å²) in [6.07, 6.45) is 9.89. The minimum absolute atomic E-state index is 0.0121. The Labute approximate surface area is 230 Å². The molecule has 0 aromatic heterocycles. The average molecular weight is 547 g/mol. The van der Waals surface area contributed by atoms with Gasteiger partial charge in [-0.3, -0.25) is 9.59 Å². The molecule has 1 saturated carbocycles. The molecule has 10 heteroatoms. The minimum atomic E-state index is -0.893. The summed E-state index contributed by atoms with van der Waals surface area (Å²) in [6.45, 7) is 2.33. The van der Waals surface area contributed by atoms with Crippen LogP contribution in [0, 0.1) is 22.0 Å². The first-order valence-corrected chi connectivity index (χ1v) is 13.8. The Balaban J connectivity index is 1.96. The summed E-state index contributed by atoms with van der Waals surface area (Å²) < 4.78 is 5.66. The van der Waals surface area contributed by atoms with Crippen molar-refractivity contribution in [3.05, 3.63) is 70.3 Å². The van der Waals surface area contributed by atoms with Crippen molar-refractivity contribution in [1.82, 2.24) is 5.32 Å². The first-order chi connectivity index (χ1) is 18.8. The summed E-state index contributed by atoms with van der Waals surface area (Å²) >= 11 is 0. The summed E-state index contributed by atoms with van der Waals surface area (Å²) in [7, 11) is 0. The predicted molar refractivity (Wildman–Crippen MR) is 146 cm³/mol. The monoisotopic (exact) mass is 546 g/mol. The van der Waals surface area contributed by atoms with Crippen LogP contribution in [0.3, 0.4) is 0 Å². The third-order valence-corrected chi connectivity index (χ3v) is 6.75. The van der Waals surface area contributed by atoms with Gasteiger partial charge in [-0.25, -0.2) is 0 Å². The third-order valence-electron chi connectivity index (χ3n) is 6.75.